The Morgan fingerprint density at radius 3 is 2.75 bits per heavy atom. The molecule has 3 nitrogen and oxygen atoms in total. The van der Waals surface area contributed by atoms with Crippen LogP contribution in [0.2, 0.25) is 0 Å². The number of nitriles is 1. The summed E-state index contributed by atoms with van der Waals surface area (Å²) in [6, 6.07) is 10.1. The van der Waals surface area contributed by atoms with E-state index in [0.29, 0.717) is 0 Å². The van der Waals surface area contributed by atoms with E-state index in [1.165, 1.54) is 0 Å². The molecule has 1 fully saturated rings. The van der Waals surface area contributed by atoms with Gasteiger partial charge in [-0.2, -0.15) is 5.26 Å². The molecule has 0 aromatic heterocycles. The molecule has 0 spiro atoms. The fourth-order valence-corrected chi connectivity index (χ4v) is 1.95. The highest BCUT2D eigenvalue weighted by Gasteiger charge is 2.10. The van der Waals surface area contributed by atoms with Crippen molar-refractivity contribution in [1.82, 2.24) is 4.90 Å². The molecule has 0 radical (unpaired) electrons. The van der Waals surface area contributed by atoms with E-state index in [1.54, 1.807) is 0 Å². The Balaban J connectivity index is 1.91. The maximum absolute atomic E-state index is 8.97. The lowest BCUT2D eigenvalue weighted by Crippen LogP contribution is -2.37. The zero-order valence-corrected chi connectivity index (χ0v) is 9.35. The van der Waals surface area contributed by atoms with Crippen LogP contribution in [0.4, 0.5) is 0 Å². The topological polar surface area (TPSA) is 36.3 Å². The largest absolute Gasteiger partial charge is 0.379 e. The van der Waals surface area contributed by atoms with Crippen LogP contribution in [0.5, 0.6) is 0 Å². The van der Waals surface area contributed by atoms with E-state index < -0.39 is 0 Å². The summed E-state index contributed by atoms with van der Waals surface area (Å²) in [5, 5.41) is 8.97. The fourth-order valence-electron chi connectivity index (χ4n) is 1.95. The van der Waals surface area contributed by atoms with Gasteiger partial charge >= 0.3 is 0 Å². The number of benzene rings is 1. The van der Waals surface area contributed by atoms with Crippen LogP contribution < -0.4 is 0 Å². The standard InChI is InChI=1S/C13H16N2O/c14-11-13-4-2-1-3-12(13)5-6-15-7-9-16-10-8-15/h1-4H,5-10H2. The van der Waals surface area contributed by atoms with Gasteiger partial charge in [-0.15, -0.1) is 0 Å². The predicted molar refractivity (Wildman–Crippen MR) is 62.1 cm³/mol. The van der Waals surface area contributed by atoms with E-state index in [-0.39, 0.29) is 0 Å². The molecule has 84 valence electrons. The van der Waals surface area contributed by atoms with Crippen LogP contribution in [0.25, 0.3) is 0 Å². The van der Waals surface area contributed by atoms with Gasteiger partial charge in [0.1, 0.15) is 0 Å². The van der Waals surface area contributed by atoms with Crippen molar-refractivity contribution in [3.05, 3.63) is 35.4 Å². The zero-order chi connectivity index (χ0) is 11.2. The number of ether oxygens (including phenoxy) is 1. The third-order valence-corrected chi connectivity index (χ3v) is 2.94. The monoisotopic (exact) mass is 216 g/mol. The molecule has 2 rings (SSSR count). The molecule has 1 aromatic carbocycles. The summed E-state index contributed by atoms with van der Waals surface area (Å²) in [5.74, 6) is 0. The van der Waals surface area contributed by atoms with Gasteiger partial charge in [0.25, 0.3) is 0 Å². The number of morpholine rings is 1. The molecule has 0 amide bonds. The summed E-state index contributed by atoms with van der Waals surface area (Å²) < 4.78 is 5.30. The lowest BCUT2D eigenvalue weighted by Gasteiger charge is -2.26. The number of hydrogen-bond donors (Lipinski definition) is 0. The normalized spacial score (nSPS) is 16.9. The molecular formula is C13H16N2O. The van der Waals surface area contributed by atoms with Gasteiger partial charge in [0.15, 0.2) is 0 Å². The minimum absolute atomic E-state index is 0.802. The van der Waals surface area contributed by atoms with Crippen molar-refractivity contribution < 1.29 is 4.74 Å². The van der Waals surface area contributed by atoms with Crippen molar-refractivity contribution in [2.75, 3.05) is 32.8 Å². The first-order valence-electron chi connectivity index (χ1n) is 5.68. The van der Waals surface area contributed by atoms with Crippen LogP contribution in [0.1, 0.15) is 11.1 Å². The molecule has 1 saturated heterocycles. The molecule has 1 heterocycles. The summed E-state index contributed by atoms with van der Waals surface area (Å²) in [5.41, 5.74) is 1.95. The third kappa shape index (κ3) is 2.82. The minimum atomic E-state index is 0.802. The van der Waals surface area contributed by atoms with Gasteiger partial charge in [-0.05, 0) is 18.1 Å². The Labute approximate surface area is 96.2 Å². The Morgan fingerprint density at radius 2 is 2.00 bits per heavy atom. The average molecular weight is 216 g/mol. The van der Waals surface area contributed by atoms with Crippen LogP contribution in [0.15, 0.2) is 24.3 Å². The Bertz CT molecular complexity index is 378. The van der Waals surface area contributed by atoms with Crippen LogP contribution in [0, 0.1) is 11.3 Å². The maximum atomic E-state index is 8.97. The van der Waals surface area contributed by atoms with Gasteiger partial charge < -0.3 is 4.74 Å². The minimum Gasteiger partial charge on any atom is -0.379 e. The van der Waals surface area contributed by atoms with E-state index in [4.69, 9.17) is 10.00 Å². The van der Waals surface area contributed by atoms with E-state index >= 15 is 0 Å². The summed E-state index contributed by atoms with van der Waals surface area (Å²) in [6.07, 6.45) is 0.948. The molecule has 3 heteroatoms. The zero-order valence-electron chi connectivity index (χ0n) is 9.35. The Kier molecular flexibility index (Phi) is 3.92. The third-order valence-electron chi connectivity index (χ3n) is 2.94. The van der Waals surface area contributed by atoms with Crippen LogP contribution >= 0.6 is 0 Å². The number of hydrogen-bond acceptors (Lipinski definition) is 3. The van der Waals surface area contributed by atoms with E-state index in [1.807, 2.05) is 24.3 Å². The molecule has 0 aliphatic carbocycles. The molecule has 16 heavy (non-hydrogen) atoms. The van der Waals surface area contributed by atoms with Gasteiger partial charge in [-0.3, -0.25) is 4.90 Å². The summed E-state index contributed by atoms with van der Waals surface area (Å²) >= 11 is 0. The Hall–Kier alpha value is -1.37. The van der Waals surface area contributed by atoms with Crippen molar-refractivity contribution >= 4 is 0 Å². The SMILES string of the molecule is N#Cc1ccccc1CCN1CCOCC1. The fraction of sp³-hybridized carbons (Fsp3) is 0.462. The molecule has 0 bridgehead atoms. The molecule has 0 unspecified atom stereocenters. The first-order valence-corrected chi connectivity index (χ1v) is 5.68. The molecule has 1 aromatic rings. The van der Waals surface area contributed by atoms with E-state index in [0.717, 1.165) is 50.4 Å². The lowest BCUT2D eigenvalue weighted by molar-refractivity contribution is 0.0384. The van der Waals surface area contributed by atoms with E-state index in [2.05, 4.69) is 11.0 Å². The second-order valence-corrected chi connectivity index (χ2v) is 3.97. The summed E-state index contributed by atoms with van der Waals surface area (Å²) in [4.78, 5) is 2.39. The van der Waals surface area contributed by atoms with Gasteiger partial charge in [0.05, 0.1) is 24.8 Å². The quantitative estimate of drug-likeness (QED) is 0.767. The van der Waals surface area contributed by atoms with Gasteiger partial charge in [0, 0.05) is 19.6 Å². The Morgan fingerprint density at radius 1 is 1.25 bits per heavy atom. The van der Waals surface area contributed by atoms with Crippen molar-refractivity contribution in [1.29, 1.82) is 5.26 Å². The summed E-state index contributed by atoms with van der Waals surface area (Å²) in [7, 11) is 0. The van der Waals surface area contributed by atoms with Crippen LogP contribution in [0.3, 0.4) is 0 Å². The van der Waals surface area contributed by atoms with Crippen molar-refractivity contribution in [3.63, 3.8) is 0 Å². The highest BCUT2D eigenvalue weighted by Crippen LogP contribution is 2.09. The maximum Gasteiger partial charge on any atom is 0.0994 e. The smallest absolute Gasteiger partial charge is 0.0994 e. The van der Waals surface area contributed by atoms with Crippen molar-refractivity contribution in [2.45, 2.75) is 6.42 Å². The van der Waals surface area contributed by atoms with Gasteiger partial charge in [0.2, 0.25) is 0 Å². The highest BCUT2D eigenvalue weighted by atomic mass is 16.5. The second-order valence-electron chi connectivity index (χ2n) is 3.97. The lowest BCUT2D eigenvalue weighted by atomic mass is 10.1. The van der Waals surface area contributed by atoms with Crippen LogP contribution in [-0.4, -0.2) is 37.7 Å². The summed E-state index contributed by atoms with van der Waals surface area (Å²) in [6.45, 7) is 4.70. The number of nitrogens with zero attached hydrogens (tertiary/aromatic N) is 2. The molecule has 1 aliphatic heterocycles. The molecule has 0 N–H and O–H groups in total. The van der Waals surface area contributed by atoms with Crippen molar-refractivity contribution in [2.24, 2.45) is 0 Å². The first-order chi connectivity index (χ1) is 7.90. The number of rotatable bonds is 3. The average Bonchev–Trinajstić information content (AvgIpc) is 2.38. The first kappa shape index (κ1) is 11.1. The molecule has 0 saturated carbocycles. The molecule has 0 atom stereocenters. The highest BCUT2D eigenvalue weighted by molar-refractivity contribution is 5.37. The van der Waals surface area contributed by atoms with Gasteiger partial charge in [-0.25, -0.2) is 0 Å². The van der Waals surface area contributed by atoms with E-state index in [9.17, 15) is 0 Å². The van der Waals surface area contributed by atoms with Gasteiger partial charge in [-0.1, -0.05) is 18.2 Å². The molecular weight excluding hydrogens is 200 g/mol. The predicted octanol–water partition coefficient (Wildman–Crippen LogP) is 1.43. The molecule has 1 aliphatic rings. The second kappa shape index (κ2) is 5.64. The van der Waals surface area contributed by atoms with Crippen molar-refractivity contribution in [3.8, 4) is 6.07 Å². The van der Waals surface area contributed by atoms with Crippen LogP contribution in [-0.2, 0) is 11.2 Å².